The summed E-state index contributed by atoms with van der Waals surface area (Å²) < 4.78 is 0. The molecule has 0 fully saturated rings. The molecule has 1 N–H and O–H groups in total. The van der Waals surface area contributed by atoms with Crippen molar-refractivity contribution in [1.82, 2.24) is 4.90 Å². The second-order valence-corrected chi connectivity index (χ2v) is 6.05. The Hall–Kier alpha value is -0.510. The maximum Gasteiger partial charge on any atom is 0.0931 e. The zero-order chi connectivity index (χ0) is 13.8. The second-order valence-electron chi connectivity index (χ2n) is 5.17. The number of thioether (sulfide) groups is 1. The molecule has 0 aliphatic rings. The van der Waals surface area contributed by atoms with Crippen LogP contribution in [0.1, 0.15) is 25.8 Å². The Morgan fingerprint density at radius 2 is 2.06 bits per heavy atom. The number of hydrogen-bond donors (Lipinski definition) is 1. The first-order valence-corrected chi connectivity index (χ1v) is 7.68. The predicted molar refractivity (Wildman–Crippen MR) is 80.1 cm³/mol. The lowest BCUT2D eigenvalue weighted by molar-refractivity contribution is -0.0293. The standard InChI is InChI=1S/C15H25NOS/c1-6-15(17,12(2)11-16(3)4)13-8-7-9-14(10-13)18-5/h7-10,12,17H,6,11H2,1-5H3/t12?,15-/m1/s1. The van der Waals surface area contributed by atoms with Crippen molar-refractivity contribution in [2.45, 2.75) is 30.8 Å². The quantitative estimate of drug-likeness (QED) is 0.801. The van der Waals surface area contributed by atoms with Gasteiger partial charge >= 0.3 is 0 Å². The van der Waals surface area contributed by atoms with Crippen LogP contribution in [-0.2, 0) is 5.60 Å². The van der Waals surface area contributed by atoms with E-state index in [9.17, 15) is 5.11 Å². The van der Waals surface area contributed by atoms with Crippen LogP contribution < -0.4 is 0 Å². The molecule has 1 unspecified atom stereocenters. The highest BCUT2D eigenvalue weighted by molar-refractivity contribution is 7.98. The van der Waals surface area contributed by atoms with Crippen molar-refractivity contribution in [3.63, 3.8) is 0 Å². The van der Waals surface area contributed by atoms with Gasteiger partial charge in [0, 0.05) is 17.4 Å². The first-order chi connectivity index (χ1) is 8.43. The SMILES string of the molecule is CC[C@](O)(c1cccc(SC)c1)C(C)CN(C)C. The Kier molecular flexibility index (Phi) is 5.70. The lowest BCUT2D eigenvalue weighted by atomic mass is 9.80. The monoisotopic (exact) mass is 267 g/mol. The van der Waals surface area contributed by atoms with E-state index in [4.69, 9.17) is 0 Å². The molecule has 0 radical (unpaired) electrons. The molecule has 1 aromatic rings. The molecule has 3 heteroatoms. The summed E-state index contributed by atoms with van der Waals surface area (Å²) in [6.07, 6.45) is 2.80. The maximum absolute atomic E-state index is 11.0. The summed E-state index contributed by atoms with van der Waals surface area (Å²) in [7, 11) is 4.09. The molecule has 0 aliphatic heterocycles. The molecular formula is C15H25NOS. The Morgan fingerprint density at radius 1 is 1.39 bits per heavy atom. The second kappa shape index (κ2) is 6.60. The third-order valence-electron chi connectivity index (χ3n) is 3.56. The zero-order valence-corrected chi connectivity index (χ0v) is 12.9. The lowest BCUT2D eigenvalue weighted by Crippen LogP contribution is -2.38. The van der Waals surface area contributed by atoms with E-state index >= 15 is 0 Å². The van der Waals surface area contributed by atoms with E-state index in [0.717, 1.165) is 18.5 Å². The third kappa shape index (κ3) is 3.50. The Morgan fingerprint density at radius 3 is 2.56 bits per heavy atom. The Balaban J connectivity index is 3.05. The van der Waals surface area contributed by atoms with Crippen LogP contribution in [0.4, 0.5) is 0 Å². The van der Waals surface area contributed by atoms with Gasteiger partial charge in [-0.25, -0.2) is 0 Å². The Bertz CT molecular complexity index is 381. The lowest BCUT2D eigenvalue weighted by Gasteiger charge is -2.35. The van der Waals surface area contributed by atoms with Crippen molar-refractivity contribution in [2.24, 2.45) is 5.92 Å². The number of aliphatic hydroxyl groups is 1. The minimum atomic E-state index is -0.740. The molecule has 1 aromatic carbocycles. The zero-order valence-electron chi connectivity index (χ0n) is 12.1. The van der Waals surface area contributed by atoms with Crippen LogP contribution in [0.5, 0.6) is 0 Å². The fraction of sp³-hybridized carbons (Fsp3) is 0.600. The molecule has 0 amide bonds. The van der Waals surface area contributed by atoms with Crippen LogP contribution in [-0.4, -0.2) is 36.9 Å². The first-order valence-electron chi connectivity index (χ1n) is 6.45. The van der Waals surface area contributed by atoms with Crippen molar-refractivity contribution in [3.05, 3.63) is 29.8 Å². The van der Waals surface area contributed by atoms with Crippen LogP contribution in [0.2, 0.25) is 0 Å². The molecule has 0 bridgehead atoms. The Labute approximate surface area is 115 Å². The summed E-state index contributed by atoms with van der Waals surface area (Å²) in [5.74, 6) is 0.203. The van der Waals surface area contributed by atoms with E-state index in [1.54, 1.807) is 11.8 Å². The summed E-state index contributed by atoms with van der Waals surface area (Å²) in [6.45, 7) is 5.06. The first kappa shape index (κ1) is 15.5. The van der Waals surface area contributed by atoms with Gasteiger partial charge in [-0.2, -0.15) is 0 Å². The van der Waals surface area contributed by atoms with Crippen LogP contribution >= 0.6 is 11.8 Å². The average Bonchev–Trinajstić information content (AvgIpc) is 2.37. The van der Waals surface area contributed by atoms with Crippen molar-refractivity contribution in [1.29, 1.82) is 0 Å². The number of benzene rings is 1. The van der Waals surface area contributed by atoms with Crippen LogP contribution in [0.3, 0.4) is 0 Å². The van der Waals surface area contributed by atoms with E-state index in [1.807, 2.05) is 26.2 Å². The summed E-state index contributed by atoms with van der Waals surface area (Å²) in [5, 5.41) is 11.0. The highest BCUT2D eigenvalue weighted by Crippen LogP contribution is 2.34. The van der Waals surface area contributed by atoms with Crippen molar-refractivity contribution in [3.8, 4) is 0 Å². The molecular weight excluding hydrogens is 242 g/mol. The van der Waals surface area contributed by atoms with Gasteiger partial charge in [0.2, 0.25) is 0 Å². The van der Waals surface area contributed by atoms with Crippen molar-refractivity contribution >= 4 is 11.8 Å². The minimum Gasteiger partial charge on any atom is -0.385 e. The summed E-state index contributed by atoms with van der Waals surface area (Å²) >= 11 is 1.71. The normalized spacial score (nSPS) is 16.6. The van der Waals surface area contributed by atoms with E-state index in [-0.39, 0.29) is 5.92 Å². The van der Waals surface area contributed by atoms with Gasteiger partial charge in [-0.05, 0) is 44.5 Å². The minimum absolute atomic E-state index is 0.203. The van der Waals surface area contributed by atoms with Gasteiger partial charge in [-0.15, -0.1) is 11.8 Å². The topological polar surface area (TPSA) is 23.5 Å². The largest absolute Gasteiger partial charge is 0.385 e. The van der Waals surface area contributed by atoms with Gasteiger partial charge in [-0.1, -0.05) is 26.0 Å². The molecule has 1 rings (SSSR count). The van der Waals surface area contributed by atoms with Gasteiger partial charge in [0.25, 0.3) is 0 Å². The smallest absolute Gasteiger partial charge is 0.0931 e. The van der Waals surface area contributed by atoms with Gasteiger partial charge in [-0.3, -0.25) is 0 Å². The highest BCUT2D eigenvalue weighted by Gasteiger charge is 2.34. The summed E-state index contributed by atoms with van der Waals surface area (Å²) in [5.41, 5.74) is 0.293. The summed E-state index contributed by atoms with van der Waals surface area (Å²) in [6, 6.07) is 8.26. The third-order valence-corrected chi connectivity index (χ3v) is 4.29. The molecule has 0 saturated heterocycles. The maximum atomic E-state index is 11.0. The van der Waals surface area contributed by atoms with Gasteiger partial charge in [0.05, 0.1) is 5.60 Å². The fourth-order valence-electron chi connectivity index (χ4n) is 2.43. The molecule has 102 valence electrons. The molecule has 2 nitrogen and oxygen atoms in total. The molecule has 2 atom stereocenters. The van der Waals surface area contributed by atoms with Gasteiger partial charge in [0.15, 0.2) is 0 Å². The molecule has 0 aliphatic carbocycles. The van der Waals surface area contributed by atoms with E-state index in [2.05, 4.69) is 37.1 Å². The highest BCUT2D eigenvalue weighted by atomic mass is 32.2. The molecule has 0 saturated carbocycles. The van der Waals surface area contributed by atoms with E-state index in [1.165, 1.54) is 4.90 Å². The number of rotatable bonds is 6. The van der Waals surface area contributed by atoms with Crippen LogP contribution in [0, 0.1) is 5.92 Å². The number of nitrogens with zero attached hydrogens (tertiary/aromatic N) is 1. The van der Waals surface area contributed by atoms with Crippen LogP contribution in [0.15, 0.2) is 29.2 Å². The summed E-state index contributed by atoms with van der Waals surface area (Å²) in [4.78, 5) is 3.33. The van der Waals surface area contributed by atoms with Gasteiger partial charge in [0.1, 0.15) is 0 Å². The predicted octanol–water partition coefficient (Wildman–Crippen LogP) is 3.20. The van der Waals surface area contributed by atoms with Crippen LogP contribution in [0.25, 0.3) is 0 Å². The number of hydrogen-bond acceptors (Lipinski definition) is 3. The van der Waals surface area contributed by atoms with Crippen molar-refractivity contribution < 1.29 is 5.11 Å². The van der Waals surface area contributed by atoms with Gasteiger partial charge < -0.3 is 10.0 Å². The molecule has 0 spiro atoms. The molecule has 18 heavy (non-hydrogen) atoms. The van der Waals surface area contributed by atoms with Crippen molar-refractivity contribution in [2.75, 3.05) is 26.9 Å². The van der Waals surface area contributed by atoms with E-state index in [0.29, 0.717) is 0 Å². The molecule has 0 aromatic heterocycles. The molecule has 0 heterocycles. The van der Waals surface area contributed by atoms with E-state index < -0.39 is 5.60 Å². The fourth-order valence-corrected chi connectivity index (χ4v) is 2.89. The average molecular weight is 267 g/mol.